The number of rotatable bonds is 3. The van der Waals surface area contributed by atoms with Gasteiger partial charge in [0.1, 0.15) is 0 Å². The lowest BCUT2D eigenvalue weighted by molar-refractivity contribution is -0.117. The van der Waals surface area contributed by atoms with Crippen molar-refractivity contribution in [2.45, 2.75) is 19.4 Å². The van der Waals surface area contributed by atoms with Gasteiger partial charge in [-0.15, -0.1) is 5.10 Å². The summed E-state index contributed by atoms with van der Waals surface area (Å²) in [7, 11) is 0. The van der Waals surface area contributed by atoms with Crippen LogP contribution >= 0.6 is 0 Å². The Kier molecular flexibility index (Phi) is 3.16. The molecule has 7 heteroatoms. The van der Waals surface area contributed by atoms with Gasteiger partial charge in [0, 0.05) is 26.1 Å². The summed E-state index contributed by atoms with van der Waals surface area (Å²) in [6, 6.07) is 0.324. The molecule has 7 nitrogen and oxygen atoms in total. The van der Waals surface area contributed by atoms with Gasteiger partial charge in [0.15, 0.2) is 0 Å². The van der Waals surface area contributed by atoms with E-state index in [1.54, 1.807) is 6.92 Å². The third-order valence-corrected chi connectivity index (χ3v) is 2.45. The number of hydrogen-bond acceptors (Lipinski definition) is 6. The minimum Gasteiger partial charge on any atom is -0.408 e. The molecule has 0 aliphatic carbocycles. The van der Waals surface area contributed by atoms with Crippen LogP contribution in [-0.4, -0.2) is 46.7 Å². The Morgan fingerprint density at radius 3 is 3.06 bits per heavy atom. The molecule has 1 amide bonds. The van der Waals surface area contributed by atoms with Gasteiger partial charge in [0.2, 0.25) is 11.8 Å². The zero-order chi connectivity index (χ0) is 11.5. The first-order valence-corrected chi connectivity index (χ1v) is 5.21. The molecule has 0 radical (unpaired) electrons. The number of carbonyl (C=O) groups is 1. The van der Waals surface area contributed by atoms with Crippen LogP contribution in [0, 0.1) is 6.92 Å². The zero-order valence-corrected chi connectivity index (χ0v) is 9.14. The lowest BCUT2D eigenvalue weighted by Crippen LogP contribution is -2.33. The summed E-state index contributed by atoms with van der Waals surface area (Å²) in [6.07, 6.45) is 0.937. The Morgan fingerprint density at radius 2 is 2.50 bits per heavy atom. The first kappa shape index (κ1) is 11.0. The van der Waals surface area contributed by atoms with Crippen molar-refractivity contribution in [1.82, 2.24) is 15.1 Å². The van der Waals surface area contributed by atoms with Crippen molar-refractivity contribution < 1.29 is 9.21 Å². The second-order valence-electron chi connectivity index (χ2n) is 3.96. The molecule has 0 spiro atoms. The summed E-state index contributed by atoms with van der Waals surface area (Å²) in [5.41, 5.74) is 5.74. The molecule has 0 saturated carbocycles. The van der Waals surface area contributed by atoms with Gasteiger partial charge in [-0.2, -0.15) is 0 Å². The van der Waals surface area contributed by atoms with Gasteiger partial charge in [0.05, 0.1) is 6.54 Å². The van der Waals surface area contributed by atoms with E-state index in [-0.39, 0.29) is 18.0 Å². The molecule has 1 aliphatic heterocycles. The molecule has 3 N–H and O–H groups in total. The van der Waals surface area contributed by atoms with Crippen molar-refractivity contribution in [3.05, 3.63) is 5.89 Å². The second-order valence-corrected chi connectivity index (χ2v) is 3.96. The van der Waals surface area contributed by atoms with Crippen molar-refractivity contribution in [3.8, 4) is 0 Å². The summed E-state index contributed by atoms with van der Waals surface area (Å²) < 4.78 is 5.04. The number of amides is 1. The van der Waals surface area contributed by atoms with Crippen LogP contribution in [0.15, 0.2) is 4.42 Å². The van der Waals surface area contributed by atoms with E-state index in [0.29, 0.717) is 12.4 Å². The van der Waals surface area contributed by atoms with Crippen LogP contribution < -0.4 is 11.1 Å². The normalized spacial score (nSPS) is 21.2. The third-order valence-electron chi connectivity index (χ3n) is 2.45. The molecule has 1 fully saturated rings. The fraction of sp³-hybridized carbons (Fsp3) is 0.667. The SMILES string of the molecule is Cc1nnc(NC(=O)CN2CC[C@H](N)C2)o1. The van der Waals surface area contributed by atoms with Gasteiger partial charge in [-0.25, -0.2) is 0 Å². The van der Waals surface area contributed by atoms with E-state index in [2.05, 4.69) is 15.5 Å². The van der Waals surface area contributed by atoms with Gasteiger partial charge in [-0.1, -0.05) is 5.10 Å². The number of aryl methyl sites for hydroxylation is 1. The van der Waals surface area contributed by atoms with Crippen LogP contribution in [0.5, 0.6) is 0 Å². The van der Waals surface area contributed by atoms with E-state index in [9.17, 15) is 4.79 Å². The lowest BCUT2D eigenvalue weighted by Gasteiger charge is -2.13. The maximum Gasteiger partial charge on any atom is 0.322 e. The quantitative estimate of drug-likeness (QED) is 0.709. The number of nitrogens with zero attached hydrogens (tertiary/aromatic N) is 3. The lowest BCUT2D eigenvalue weighted by atomic mass is 10.3. The molecule has 2 rings (SSSR count). The Bertz CT molecular complexity index is 378. The van der Waals surface area contributed by atoms with Crippen LogP contribution in [0.1, 0.15) is 12.3 Å². The molecule has 1 aliphatic rings. The molecular formula is C9H15N5O2. The summed E-state index contributed by atoms with van der Waals surface area (Å²) >= 11 is 0. The highest BCUT2D eigenvalue weighted by molar-refractivity contribution is 5.90. The van der Waals surface area contributed by atoms with Crippen LogP contribution in [0.3, 0.4) is 0 Å². The molecule has 1 aromatic rings. The second kappa shape index (κ2) is 4.58. The zero-order valence-electron chi connectivity index (χ0n) is 9.14. The number of anilines is 1. The average molecular weight is 225 g/mol. The Balaban J connectivity index is 1.80. The fourth-order valence-corrected chi connectivity index (χ4v) is 1.72. The van der Waals surface area contributed by atoms with E-state index < -0.39 is 0 Å². The smallest absolute Gasteiger partial charge is 0.322 e. The predicted octanol–water partition coefficient (Wildman–Crippen LogP) is -0.650. The molecule has 0 unspecified atom stereocenters. The maximum absolute atomic E-state index is 11.6. The molecule has 2 heterocycles. The van der Waals surface area contributed by atoms with Crippen LogP contribution in [0.25, 0.3) is 0 Å². The summed E-state index contributed by atoms with van der Waals surface area (Å²) in [5, 5.41) is 9.84. The Hall–Kier alpha value is -1.47. The van der Waals surface area contributed by atoms with Crippen molar-refractivity contribution >= 4 is 11.9 Å². The fourth-order valence-electron chi connectivity index (χ4n) is 1.72. The van der Waals surface area contributed by atoms with Crippen LogP contribution in [0.2, 0.25) is 0 Å². The summed E-state index contributed by atoms with van der Waals surface area (Å²) in [5.74, 6) is 0.274. The molecule has 16 heavy (non-hydrogen) atoms. The van der Waals surface area contributed by atoms with Crippen molar-refractivity contribution in [1.29, 1.82) is 0 Å². The predicted molar refractivity (Wildman–Crippen MR) is 56.7 cm³/mol. The minimum absolute atomic E-state index is 0.144. The van der Waals surface area contributed by atoms with Gasteiger partial charge in [0.25, 0.3) is 0 Å². The first-order valence-electron chi connectivity index (χ1n) is 5.21. The number of hydrogen-bond donors (Lipinski definition) is 2. The minimum atomic E-state index is -0.155. The molecular weight excluding hydrogens is 210 g/mol. The Morgan fingerprint density at radius 1 is 1.69 bits per heavy atom. The number of nitrogens with one attached hydrogen (secondary N) is 1. The van der Waals surface area contributed by atoms with Gasteiger partial charge in [-0.3, -0.25) is 15.0 Å². The number of likely N-dealkylation sites (tertiary alicyclic amines) is 1. The van der Waals surface area contributed by atoms with E-state index in [1.165, 1.54) is 0 Å². The molecule has 1 saturated heterocycles. The molecule has 1 atom stereocenters. The van der Waals surface area contributed by atoms with Crippen LogP contribution in [0.4, 0.5) is 6.01 Å². The average Bonchev–Trinajstić information content (AvgIpc) is 2.76. The molecule has 0 aromatic carbocycles. The van der Waals surface area contributed by atoms with E-state index in [0.717, 1.165) is 19.5 Å². The Labute approximate surface area is 93.0 Å². The largest absolute Gasteiger partial charge is 0.408 e. The third kappa shape index (κ3) is 2.77. The molecule has 1 aromatic heterocycles. The van der Waals surface area contributed by atoms with Crippen molar-refractivity contribution in [2.24, 2.45) is 5.73 Å². The van der Waals surface area contributed by atoms with E-state index in [4.69, 9.17) is 10.2 Å². The summed E-state index contributed by atoms with van der Waals surface area (Å²) in [6.45, 7) is 3.60. The number of aromatic nitrogens is 2. The van der Waals surface area contributed by atoms with Gasteiger partial charge in [-0.05, 0) is 6.42 Å². The first-order chi connectivity index (χ1) is 7.63. The van der Waals surface area contributed by atoms with E-state index >= 15 is 0 Å². The van der Waals surface area contributed by atoms with Gasteiger partial charge >= 0.3 is 6.01 Å². The highest BCUT2D eigenvalue weighted by Gasteiger charge is 2.21. The highest BCUT2D eigenvalue weighted by Crippen LogP contribution is 2.07. The topological polar surface area (TPSA) is 97.3 Å². The molecule has 88 valence electrons. The maximum atomic E-state index is 11.6. The van der Waals surface area contributed by atoms with E-state index in [1.807, 2.05) is 4.90 Å². The molecule has 0 bridgehead atoms. The number of carbonyl (C=O) groups excluding carboxylic acids is 1. The van der Waals surface area contributed by atoms with Crippen molar-refractivity contribution in [3.63, 3.8) is 0 Å². The van der Waals surface area contributed by atoms with Crippen LogP contribution in [-0.2, 0) is 4.79 Å². The standard InChI is InChI=1S/C9H15N5O2/c1-6-12-13-9(16-6)11-8(15)5-14-3-2-7(10)4-14/h7H,2-5,10H2,1H3,(H,11,13,15)/t7-/m0/s1. The summed E-state index contributed by atoms with van der Waals surface area (Å²) in [4.78, 5) is 13.6. The monoisotopic (exact) mass is 225 g/mol. The number of nitrogens with two attached hydrogens (primary N) is 1. The van der Waals surface area contributed by atoms with Crippen molar-refractivity contribution in [2.75, 3.05) is 25.0 Å². The van der Waals surface area contributed by atoms with Gasteiger partial charge < -0.3 is 10.2 Å². The highest BCUT2D eigenvalue weighted by atomic mass is 16.4.